The van der Waals surface area contributed by atoms with Gasteiger partial charge in [-0.05, 0) is 30.7 Å². The summed E-state index contributed by atoms with van der Waals surface area (Å²) in [4.78, 5) is 15.3. The van der Waals surface area contributed by atoms with Crippen molar-refractivity contribution in [1.29, 1.82) is 5.26 Å². The molecule has 114 valence electrons. The minimum atomic E-state index is -0.667. The Morgan fingerprint density at radius 3 is 2.43 bits per heavy atom. The van der Waals surface area contributed by atoms with Crippen molar-refractivity contribution in [2.45, 2.75) is 19.4 Å². The number of carbonyl (C=O) groups is 1. The highest BCUT2D eigenvalue weighted by Crippen LogP contribution is 2.15. The number of rotatable bonds is 7. The Kier molecular flexibility index (Phi) is 6.86. The molecule has 1 amide bonds. The molecule has 1 unspecified atom stereocenters. The van der Waals surface area contributed by atoms with E-state index in [1.807, 2.05) is 11.8 Å². The third kappa shape index (κ3) is 5.54. The van der Waals surface area contributed by atoms with Gasteiger partial charge < -0.3 is 10.0 Å². The number of hydrogen-bond acceptors (Lipinski definition) is 4. The average molecular weight is 289 g/mol. The molecule has 1 aromatic carbocycles. The van der Waals surface area contributed by atoms with Crippen molar-refractivity contribution in [1.82, 2.24) is 9.80 Å². The maximum atomic E-state index is 11.8. The smallest absolute Gasteiger partial charge is 0.236 e. The molecule has 1 atom stereocenters. The zero-order valence-corrected chi connectivity index (χ0v) is 12.9. The molecule has 5 heteroatoms. The van der Waals surface area contributed by atoms with Crippen LogP contribution in [0.5, 0.6) is 0 Å². The van der Waals surface area contributed by atoms with E-state index in [1.165, 1.54) is 0 Å². The summed E-state index contributed by atoms with van der Waals surface area (Å²) in [7, 11) is 3.45. The number of carbonyl (C=O) groups excluding carboxylic acids is 1. The second-order valence-corrected chi connectivity index (χ2v) is 5.27. The van der Waals surface area contributed by atoms with Gasteiger partial charge in [0.15, 0.2) is 0 Å². The molecule has 1 rings (SSSR count). The molecule has 0 saturated carbocycles. The lowest BCUT2D eigenvalue weighted by atomic mass is 10.1. The SMILES string of the molecule is CCCN(CC(=O)N(C)C)CC(O)c1ccc(C#N)cc1. The van der Waals surface area contributed by atoms with Crippen LogP contribution in [0.1, 0.15) is 30.6 Å². The van der Waals surface area contributed by atoms with Gasteiger partial charge in [-0.2, -0.15) is 5.26 Å². The van der Waals surface area contributed by atoms with Gasteiger partial charge in [-0.3, -0.25) is 9.69 Å². The largest absolute Gasteiger partial charge is 0.387 e. The first-order valence-electron chi connectivity index (χ1n) is 7.08. The molecule has 0 aromatic heterocycles. The first kappa shape index (κ1) is 17.2. The molecule has 0 saturated heterocycles. The molecular weight excluding hydrogens is 266 g/mol. The normalized spacial score (nSPS) is 12.0. The second-order valence-electron chi connectivity index (χ2n) is 5.27. The number of likely N-dealkylation sites (N-methyl/N-ethyl adjacent to an activating group) is 1. The Bertz CT molecular complexity index is 491. The summed E-state index contributed by atoms with van der Waals surface area (Å²) in [6.45, 7) is 3.50. The van der Waals surface area contributed by atoms with E-state index in [4.69, 9.17) is 5.26 Å². The fraction of sp³-hybridized carbons (Fsp3) is 0.500. The third-order valence-corrected chi connectivity index (χ3v) is 3.25. The molecule has 0 fully saturated rings. The van der Waals surface area contributed by atoms with E-state index >= 15 is 0 Å². The van der Waals surface area contributed by atoms with Crippen molar-refractivity contribution in [3.63, 3.8) is 0 Å². The summed E-state index contributed by atoms with van der Waals surface area (Å²) in [5, 5.41) is 19.1. The predicted molar refractivity (Wildman–Crippen MR) is 81.5 cm³/mol. The molecule has 1 aromatic rings. The van der Waals surface area contributed by atoms with Gasteiger partial charge in [-0.15, -0.1) is 0 Å². The molecule has 21 heavy (non-hydrogen) atoms. The summed E-state index contributed by atoms with van der Waals surface area (Å²) in [5.41, 5.74) is 1.33. The highest BCUT2D eigenvalue weighted by molar-refractivity contribution is 5.77. The van der Waals surface area contributed by atoms with Gasteiger partial charge in [0.2, 0.25) is 5.91 Å². The lowest BCUT2D eigenvalue weighted by Crippen LogP contribution is -2.39. The lowest BCUT2D eigenvalue weighted by Gasteiger charge is -2.25. The molecule has 0 aliphatic carbocycles. The quantitative estimate of drug-likeness (QED) is 0.823. The first-order valence-corrected chi connectivity index (χ1v) is 7.08. The Balaban J connectivity index is 2.68. The number of nitriles is 1. The minimum absolute atomic E-state index is 0.0236. The molecule has 1 N–H and O–H groups in total. The van der Waals surface area contributed by atoms with Crippen LogP contribution < -0.4 is 0 Å². The Hall–Kier alpha value is -1.90. The van der Waals surface area contributed by atoms with E-state index in [-0.39, 0.29) is 5.91 Å². The predicted octanol–water partition coefficient (Wildman–Crippen LogP) is 1.39. The lowest BCUT2D eigenvalue weighted by molar-refractivity contribution is -0.130. The van der Waals surface area contributed by atoms with E-state index in [9.17, 15) is 9.90 Å². The summed E-state index contributed by atoms with van der Waals surface area (Å²) in [6.07, 6.45) is 0.250. The highest BCUT2D eigenvalue weighted by Gasteiger charge is 2.16. The van der Waals surface area contributed by atoms with E-state index in [0.29, 0.717) is 18.7 Å². The average Bonchev–Trinajstić information content (AvgIpc) is 2.47. The molecular formula is C16H23N3O2. The van der Waals surface area contributed by atoms with E-state index in [2.05, 4.69) is 6.07 Å². The van der Waals surface area contributed by atoms with Crippen molar-refractivity contribution in [2.75, 3.05) is 33.7 Å². The molecule has 0 spiro atoms. The number of nitrogens with zero attached hydrogens (tertiary/aromatic N) is 3. The molecule has 5 nitrogen and oxygen atoms in total. The molecule has 0 aliphatic heterocycles. The molecule has 0 aliphatic rings. The number of aliphatic hydroxyl groups excluding tert-OH is 1. The van der Waals surface area contributed by atoms with Gasteiger partial charge in [0, 0.05) is 20.6 Å². The standard InChI is InChI=1S/C16H23N3O2/c1-4-9-19(12-16(21)18(2)3)11-15(20)14-7-5-13(10-17)6-8-14/h5-8,15,20H,4,9,11-12H2,1-3H3. The molecule has 0 radical (unpaired) electrons. The van der Waals surface area contributed by atoms with Gasteiger partial charge in [0.05, 0.1) is 24.3 Å². The Morgan fingerprint density at radius 2 is 1.95 bits per heavy atom. The van der Waals surface area contributed by atoms with Crippen LogP contribution in [0.15, 0.2) is 24.3 Å². The fourth-order valence-electron chi connectivity index (χ4n) is 2.01. The maximum Gasteiger partial charge on any atom is 0.236 e. The van der Waals surface area contributed by atoms with Crippen LogP contribution in [0.4, 0.5) is 0 Å². The summed E-state index contributed by atoms with van der Waals surface area (Å²) in [5.74, 6) is 0.0236. The first-order chi connectivity index (χ1) is 9.97. The summed E-state index contributed by atoms with van der Waals surface area (Å²) < 4.78 is 0. The van der Waals surface area contributed by atoms with E-state index < -0.39 is 6.10 Å². The zero-order chi connectivity index (χ0) is 15.8. The van der Waals surface area contributed by atoms with Crippen molar-refractivity contribution in [2.24, 2.45) is 0 Å². The van der Waals surface area contributed by atoms with Crippen LogP contribution in [0.2, 0.25) is 0 Å². The van der Waals surface area contributed by atoms with Crippen LogP contribution in [0.3, 0.4) is 0 Å². The van der Waals surface area contributed by atoms with Crippen molar-refractivity contribution in [3.8, 4) is 6.07 Å². The van der Waals surface area contributed by atoms with Crippen LogP contribution >= 0.6 is 0 Å². The van der Waals surface area contributed by atoms with Crippen LogP contribution in [-0.2, 0) is 4.79 Å². The number of hydrogen-bond donors (Lipinski definition) is 1. The highest BCUT2D eigenvalue weighted by atomic mass is 16.3. The Morgan fingerprint density at radius 1 is 1.33 bits per heavy atom. The van der Waals surface area contributed by atoms with E-state index in [1.54, 1.807) is 43.3 Å². The molecule has 0 bridgehead atoms. The fourth-order valence-corrected chi connectivity index (χ4v) is 2.01. The third-order valence-electron chi connectivity index (χ3n) is 3.25. The topological polar surface area (TPSA) is 67.6 Å². The zero-order valence-electron chi connectivity index (χ0n) is 12.9. The van der Waals surface area contributed by atoms with Crippen molar-refractivity contribution < 1.29 is 9.90 Å². The van der Waals surface area contributed by atoms with Crippen LogP contribution in [-0.4, -0.2) is 54.5 Å². The number of benzene rings is 1. The van der Waals surface area contributed by atoms with Crippen LogP contribution in [0.25, 0.3) is 0 Å². The van der Waals surface area contributed by atoms with Gasteiger partial charge in [-0.25, -0.2) is 0 Å². The maximum absolute atomic E-state index is 11.8. The van der Waals surface area contributed by atoms with Crippen molar-refractivity contribution >= 4 is 5.91 Å². The van der Waals surface area contributed by atoms with Gasteiger partial charge in [0.1, 0.15) is 0 Å². The summed E-state index contributed by atoms with van der Waals surface area (Å²) in [6, 6.07) is 8.93. The minimum Gasteiger partial charge on any atom is -0.387 e. The summed E-state index contributed by atoms with van der Waals surface area (Å²) >= 11 is 0. The van der Waals surface area contributed by atoms with E-state index in [0.717, 1.165) is 18.5 Å². The molecule has 0 heterocycles. The number of aliphatic hydroxyl groups is 1. The van der Waals surface area contributed by atoms with Crippen LogP contribution in [0, 0.1) is 11.3 Å². The van der Waals surface area contributed by atoms with Gasteiger partial charge in [0.25, 0.3) is 0 Å². The Labute approximate surface area is 126 Å². The van der Waals surface area contributed by atoms with Crippen molar-refractivity contribution in [3.05, 3.63) is 35.4 Å². The second kappa shape index (κ2) is 8.40. The van der Waals surface area contributed by atoms with Gasteiger partial charge >= 0.3 is 0 Å². The van der Waals surface area contributed by atoms with Gasteiger partial charge in [-0.1, -0.05) is 19.1 Å². The monoisotopic (exact) mass is 289 g/mol. The number of amides is 1.